The molecule has 164 valence electrons. The summed E-state index contributed by atoms with van der Waals surface area (Å²) >= 11 is 0. The molecule has 0 saturated heterocycles. The van der Waals surface area contributed by atoms with Crippen LogP contribution in [0.15, 0.2) is 58.4 Å². The largest absolute Gasteiger partial charge is 0.497 e. The topological polar surface area (TPSA) is 98.5 Å². The van der Waals surface area contributed by atoms with E-state index in [2.05, 4.69) is 20.9 Å². The highest BCUT2D eigenvalue weighted by atomic mass is 19.1. The van der Waals surface area contributed by atoms with Crippen molar-refractivity contribution in [2.75, 3.05) is 24.9 Å². The van der Waals surface area contributed by atoms with E-state index in [9.17, 15) is 9.18 Å². The van der Waals surface area contributed by atoms with Crippen LogP contribution in [0.4, 0.5) is 16.0 Å². The van der Waals surface area contributed by atoms with Crippen molar-refractivity contribution in [2.24, 2.45) is 0 Å². The van der Waals surface area contributed by atoms with Crippen LogP contribution in [0, 0.1) is 5.82 Å². The monoisotopic (exact) mass is 436 g/mol. The first-order valence-electron chi connectivity index (χ1n) is 10.2. The Bertz CT molecular complexity index is 1200. The van der Waals surface area contributed by atoms with Gasteiger partial charge in [0.1, 0.15) is 17.3 Å². The second-order valence-corrected chi connectivity index (χ2v) is 7.74. The highest BCUT2D eigenvalue weighted by molar-refractivity contribution is 6.01. The number of hydrogen-bond acceptors (Lipinski definition) is 8. The summed E-state index contributed by atoms with van der Waals surface area (Å²) in [5.74, 6) is 1.59. The number of hydrogen-bond donors (Lipinski definition) is 2. The number of nitrogens with one attached hydrogen (secondary N) is 2. The normalized spacial score (nSPS) is 19.9. The molecule has 0 unspecified atom stereocenters. The van der Waals surface area contributed by atoms with E-state index in [1.165, 1.54) is 12.1 Å². The molecule has 3 aromatic rings. The van der Waals surface area contributed by atoms with Crippen molar-refractivity contribution >= 4 is 17.4 Å². The minimum atomic E-state index is -0.534. The Morgan fingerprint density at radius 3 is 2.56 bits per heavy atom. The maximum absolute atomic E-state index is 13.5. The number of allylic oxidation sites excluding steroid dienone is 1. The number of carbonyl (C=O) groups is 1. The highest BCUT2D eigenvalue weighted by Crippen LogP contribution is 2.45. The molecule has 2 aliphatic rings. The molecule has 32 heavy (non-hydrogen) atoms. The zero-order valence-corrected chi connectivity index (χ0v) is 17.5. The number of methoxy groups -OCH3 is 2. The highest BCUT2D eigenvalue weighted by Gasteiger charge is 2.38. The van der Waals surface area contributed by atoms with Crippen LogP contribution in [-0.4, -0.2) is 30.3 Å². The molecule has 5 rings (SSSR count). The lowest BCUT2D eigenvalue weighted by Crippen LogP contribution is -2.27. The fourth-order valence-corrected chi connectivity index (χ4v) is 4.36. The molecule has 2 atom stereocenters. The second kappa shape index (κ2) is 7.99. The number of anilines is 2. The fourth-order valence-electron chi connectivity index (χ4n) is 4.36. The van der Waals surface area contributed by atoms with Crippen molar-refractivity contribution in [3.8, 4) is 11.5 Å². The zero-order chi connectivity index (χ0) is 22.2. The zero-order valence-electron chi connectivity index (χ0n) is 17.5. The number of benzene rings is 2. The van der Waals surface area contributed by atoms with E-state index in [4.69, 9.17) is 14.1 Å². The van der Waals surface area contributed by atoms with E-state index in [0.717, 1.165) is 16.8 Å². The Balaban J connectivity index is 1.61. The van der Waals surface area contributed by atoms with Gasteiger partial charge in [-0.1, -0.05) is 12.1 Å². The molecular formula is C23H21FN4O4. The minimum absolute atomic E-state index is 0.0227. The van der Waals surface area contributed by atoms with Gasteiger partial charge in [0, 0.05) is 29.3 Å². The number of halogens is 1. The number of Topliss-reactive ketones (excluding diaryl/α,β-unsaturated/α-hetero) is 1. The van der Waals surface area contributed by atoms with Crippen LogP contribution in [0.5, 0.6) is 11.5 Å². The molecule has 1 aliphatic heterocycles. The van der Waals surface area contributed by atoms with Crippen molar-refractivity contribution < 1.29 is 23.3 Å². The second-order valence-electron chi connectivity index (χ2n) is 7.74. The van der Waals surface area contributed by atoms with Crippen molar-refractivity contribution in [3.05, 3.63) is 70.7 Å². The van der Waals surface area contributed by atoms with Gasteiger partial charge in [-0.3, -0.25) is 4.79 Å². The Morgan fingerprint density at radius 1 is 1.03 bits per heavy atom. The number of aromatic nitrogens is 2. The molecule has 1 aromatic heterocycles. The Labute approximate surface area is 183 Å². The number of carbonyl (C=O) groups excluding carboxylic acids is 1. The molecule has 0 amide bonds. The fraction of sp³-hybridized carbons (Fsp3) is 0.261. The Morgan fingerprint density at radius 2 is 1.81 bits per heavy atom. The molecular weight excluding hydrogens is 415 g/mol. The minimum Gasteiger partial charge on any atom is -0.497 e. The first-order chi connectivity index (χ1) is 15.6. The Hall–Kier alpha value is -3.88. The average molecular weight is 436 g/mol. The molecule has 2 heterocycles. The van der Waals surface area contributed by atoms with Gasteiger partial charge >= 0.3 is 0 Å². The van der Waals surface area contributed by atoms with Gasteiger partial charge in [-0.2, -0.15) is 0 Å². The summed E-state index contributed by atoms with van der Waals surface area (Å²) in [6.07, 6.45) is 0.855. The molecule has 2 aromatic carbocycles. The van der Waals surface area contributed by atoms with Crippen molar-refractivity contribution in [1.82, 2.24) is 10.3 Å². The van der Waals surface area contributed by atoms with E-state index in [0.29, 0.717) is 41.5 Å². The van der Waals surface area contributed by atoms with Gasteiger partial charge in [-0.25, -0.2) is 9.02 Å². The van der Waals surface area contributed by atoms with Crippen molar-refractivity contribution in [2.45, 2.75) is 24.8 Å². The van der Waals surface area contributed by atoms with E-state index in [1.54, 1.807) is 32.4 Å². The molecule has 0 spiro atoms. The van der Waals surface area contributed by atoms with Crippen LogP contribution < -0.4 is 20.1 Å². The number of rotatable bonds is 4. The summed E-state index contributed by atoms with van der Waals surface area (Å²) in [5, 5.41) is 14.4. The maximum Gasteiger partial charge on any atom is 0.219 e. The predicted octanol–water partition coefficient (Wildman–Crippen LogP) is 4.21. The first-order valence-corrected chi connectivity index (χ1v) is 10.2. The molecule has 9 heteroatoms. The SMILES string of the molecule is COc1ccc([C@@H]2Nc3nonc3NC3=C2C(=O)C[C@@H](c2ccc(F)cc2)C3)c(OC)c1. The van der Waals surface area contributed by atoms with Crippen molar-refractivity contribution in [1.29, 1.82) is 0 Å². The molecule has 0 bridgehead atoms. The summed E-state index contributed by atoms with van der Waals surface area (Å²) in [5.41, 5.74) is 2.97. The number of ether oxygens (including phenoxy) is 2. The van der Waals surface area contributed by atoms with Gasteiger partial charge in [0.05, 0.1) is 20.3 Å². The lowest BCUT2D eigenvalue weighted by Gasteiger charge is -2.30. The number of ketones is 1. The van der Waals surface area contributed by atoms with Gasteiger partial charge in [-0.15, -0.1) is 0 Å². The lowest BCUT2D eigenvalue weighted by atomic mass is 9.78. The van der Waals surface area contributed by atoms with Gasteiger partial charge in [0.2, 0.25) is 11.6 Å². The van der Waals surface area contributed by atoms with Crippen LogP contribution in [0.1, 0.15) is 35.9 Å². The quantitative estimate of drug-likeness (QED) is 0.628. The third kappa shape index (κ3) is 3.45. The Kier molecular flexibility index (Phi) is 5.01. The van der Waals surface area contributed by atoms with Crippen LogP contribution in [0.3, 0.4) is 0 Å². The molecule has 2 N–H and O–H groups in total. The summed E-state index contributed by atoms with van der Waals surface area (Å²) in [6, 6.07) is 11.2. The van der Waals surface area contributed by atoms with E-state index in [-0.39, 0.29) is 17.5 Å². The summed E-state index contributed by atoms with van der Waals surface area (Å²) in [4.78, 5) is 13.5. The predicted molar refractivity (Wildman–Crippen MR) is 114 cm³/mol. The molecule has 0 saturated carbocycles. The van der Waals surface area contributed by atoms with Crippen LogP contribution in [-0.2, 0) is 4.79 Å². The lowest BCUT2D eigenvalue weighted by molar-refractivity contribution is -0.116. The van der Waals surface area contributed by atoms with Crippen LogP contribution in [0.25, 0.3) is 0 Å². The number of fused-ring (bicyclic) bond motifs is 1. The maximum atomic E-state index is 13.5. The standard InChI is InChI=1S/C23H21FN4O4/c1-30-15-7-8-16(19(11-15)31-2)21-20-17(25-22-23(26-21)28-32-27-22)9-13(10-18(20)29)12-3-5-14(24)6-4-12/h3-8,11,13,21H,9-10H2,1-2H3,(H,25,27)(H,26,28)/t13-,21-/m0/s1. The summed E-state index contributed by atoms with van der Waals surface area (Å²) < 4.78 is 29.2. The summed E-state index contributed by atoms with van der Waals surface area (Å²) in [6.45, 7) is 0. The smallest absolute Gasteiger partial charge is 0.219 e. The summed E-state index contributed by atoms with van der Waals surface area (Å²) in [7, 11) is 3.15. The molecule has 1 aliphatic carbocycles. The van der Waals surface area contributed by atoms with Gasteiger partial charge in [0.15, 0.2) is 5.78 Å². The number of nitrogens with zero attached hydrogens (tertiary/aromatic N) is 2. The first kappa shape index (κ1) is 20.0. The van der Waals surface area contributed by atoms with Gasteiger partial charge in [0.25, 0.3) is 0 Å². The molecule has 0 fully saturated rings. The average Bonchev–Trinajstić information content (AvgIpc) is 3.17. The molecule has 8 nitrogen and oxygen atoms in total. The van der Waals surface area contributed by atoms with Crippen LogP contribution in [0.2, 0.25) is 0 Å². The van der Waals surface area contributed by atoms with Crippen molar-refractivity contribution in [3.63, 3.8) is 0 Å². The third-order valence-electron chi connectivity index (χ3n) is 5.93. The van der Waals surface area contributed by atoms with E-state index < -0.39 is 6.04 Å². The van der Waals surface area contributed by atoms with E-state index >= 15 is 0 Å². The van der Waals surface area contributed by atoms with Crippen LogP contribution >= 0.6 is 0 Å². The third-order valence-corrected chi connectivity index (χ3v) is 5.93. The van der Waals surface area contributed by atoms with E-state index in [1.807, 2.05) is 12.1 Å². The van der Waals surface area contributed by atoms with Gasteiger partial charge in [-0.05, 0) is 52.5 Å². The van der Waals surface area contributed by atoms with Gasteiger partial charge < -0.3 is 20.1 Å². The molecule has 0 radical (unpaired) electrons.